The summed E-state index contributed by atoms with van der Waals surface area (Å²) in [7, 11) is 1.67. The zero-order valence-corrected chi connectivity index (χ0v) is 11.9. The van der Waals surface area contributed by atoms with Gasteiger partial charge in [0.1, 0.15) is 5.60 Å². The number of ether oxygens (including phenoxy) is 1. The van der Waals surface area contributed by atoms with Crippen molar-refractivity contribution >= 4 is 15.9 Å². The second-order valence-corrected chi connectivity index (χ2v) is 5.41. The van der Waals surface area contributed by atoms with E-state index in [4.69, 9.17) is 4.74 Å². The van der Waals surface area contributed by atoms with E-state index in [2.05, 4.69) is 21.0 Å². The molecule has 1 fully saturated rings. The zero-order chi connectivity index (χ0) is 12.5. The molecule has 5 heteroatoms. The Morgan fingerprint density at radius 1 is 1.65 bits per heavy atom. The molecule has 0 spiro atoms. The number of aliphatic hydroxyl groups is 1. The Kier molecular flexibility index (Phi) is 3.90. The molecule has 1 heterocycles. The summed E-state index contributed by atoms with van der Waals surface area (Å²) in [5.41, 5.74) is -0.0650. The van der Waals surface area contributed by atoms with Crippen molar-refractivity contribution in [1.82, 2.24) is 9.78 Å². The fourth-order valence-corrected chi connectivity index (χ4v) is 3.38. The van der Waals surface area contributed by atoms with E-state index < -0.39 is 5.60 Å². The van der Waals surface area contributed by atoms with Gasteiger partial charge in [-0.05, 0) is 42.1 Å². The fourth-order valence-electron chi connectivity index (χ4n) is 2.74. The van der Waals surface area contributed by atoms with E-state index in [0.717, 1.165) is 42.4 Å². The molecule has 17 heavy (non-hydrogen) atoms. The fraction of sp³-hybridized carbons (Fsp3) is 0.750. The number of rotatable bonds is 3. The second kappa shape index (κ2) is 5.08. The van der Waals surface area contributed by atoms with Crippen LogP contribution >= 0.6 is 15.9 Å². The predicted molar refractivity (Wildman–Crippen MR) is 68.8 cm³/mol. The molecular formula is C12H19BrN2O2. The van der Waals surface area contributed by atoms with Gasteiger partial charge in [-0.25, -0.2) is 0 Å². The molecule has 0 bridgehead atoms. The monoisotopic (exact) mass is 302 g/mol. The first-order valence-corrected chi connectivity index (χ1v) is 6.89. The lowest BCUT2D eigenvalue weighted by atomic mass is 9.79. The lowest BCUT2D eigenvalue weighted by Crippen LogP contribution is -2.45. The van der Waals surface area contributed by atoms with E-state index in [0.29, 0.717) is 0 Å². The minimum Gasteiger partial charge on any atom is -0.381 e. The van der Waals surface area contributed by atoms with Crippen molar-refractivity contribution in [3.05, 3.63) is 16.4 Å². The van der Waals surface area contributed by atoms with E-state index in [1.54, 1.807) is 13.3 Å². The van der Waals surface area contributed by atoms with Crippen molar-refractivity contribution in [2.45, 2.75) is 50.9 Å². The highest BCUT2D eigenvalue weighted by molar-refractivity contribution is 9.10. The van der Waals surface area contributed by atoms with Gasteiger partial charge in [-0.15, -0.1) is 0 Å². The van der Waals surface area contributed by atoms with Crippen LogP contribution in [0.1, 0.15) is 38.3 Å². The number of halogens is 1. The van der Waals surface area contributed by atoms with Crippen LogP contribution in [0, 0.1) is 0 Å². The first-order chi connectivity index (χ1) is 8.13. The van der Waals surface area contributed by atoms with Crippen LogP contribution in [0.15, 0.2) is 10.7 Å². The van der Waals surface area contributed by atoms with E-state index in [1.807, 2.05) is 11.6 Å². The van der Waals surface area contributed by atoms with Gasteiger partial charge in [0.25, 0.3) is 0 Å². The highest BCUT2D eigenvalue weighted by Gasteiger charge is 2.44. The molecule has 1 aliphatic rings. The maximum absolute atomic E-state index is 11.0. The SMILES string of the molecule is CCn1ncc(Br)c1C1(O)CCCCC1OC. The summed E-state index contributed by atoms with van der Waals surface area (Å²) in [6.07, 6.45) is 5.37. The molecule has 0 aliphatic heterocycles. The van der Waals surface area contributed by atoms with Crippen LogP contribution in [0.2, 0.25) is 0 Å². The number of aryl methyl sites for hydroxylation is 1. The van der Waals surface area contributed by atoms with Gasteiger partial charge in [0, 0.05) is 13.7 Å². The van der Waals surface area contributed by atoms with E-state index in [9.17, 15) is 5.11 Å². The molecule has 0 aromatic carbocycles. The molecule has 1 saturated carbocycles. The van der Waals surface area contributed by atoms with Gasteiger partial charge in [0.2, 0.25) is 0 Å². The minimum atomic E-state index is -0.918. The Hall–Kier alpha value is -0.390. The van der Waals surface area contributed by atoms with Gasteiger partial charge in [-0.2, -0.15) is 5.10 Å². The van der Waals surface area contributed by atoms with Crippen molar-refractivity contribution in [1.29, 1.82) is 0 Å². The Balaban J connectivity index is 2.44. The molecule has 1 aliphatic carbocycles. The Morgan fingerprint density at radius 3 is 3.06 bits per heavy atom. The molecule has 1 aromatic heterocycles. The van der Waals surface area contributed by atoms with Crippen LogP contribution in [0.25, 0.3) is 0 Å². The van der Waals surface area contributed by atoms with Crippen LogP contribution in [-0.2, 0) is 16.9 Å². The molecule has 1 aromatic rings. The molecule has 0 radical (unpaired) electrons. The normalized spacial score (nSPS) is 29.5. The smallest absolute Gasteiger partial charge is 0.133 e. The van der Waals surface area contributed by atoms with Gasteiger partial charge < -0.3 is 9.84 Å². The summed E-state index contributed by atoms with van der Waals surface area (Å²) in [6.45, 7) is 2.77. The molecule has 2 rings (SSSR count). The summed E-state index contributed by atoms with van der Waals surface area (Å²) in [4.78, 5) is 0. The van der Waals surface area contributed by atoms with Crippen molar-refractivity contribution in [2.75, 3.05) is 7.11 Å². The Bertz CT molecular complexity index is 394. The molecular weight excluding hydrogens is 284 g/mol. The van der Waals surface area contributed by atoms with Crippen molar-refractivity contribution in [3.8, 4) is 0 Å². The minimum absolute atomic E-state index is 0.144. The first-order valence-electron chi connectivity index (χ1n) is 6.10. The number of aromatic nitrogens is 2. The maximum atomic E-state index is 11.0. The van der Waals surface area contributed by atoms with Crippen molar-refractivity contribution in [3.63, 3.8) is 0 Å². The number of methoxy groups -OCH3 is 1. The predicted octanol–water partition coefficient (Wildman–Crippen LogP) is 2.44. The Labute approximate surface area is 110 Å². The number of hydrogen-bond donors (Lipinski definition) is 1. The van der Waals surface area contributed by atoms with Crippen LogP contribution < -0.4 is 0 Å². The highest BCUT2D eigenvalue weighted by Crippen LogP contribution is 2.41. The summed E-state index contributed by atoms with van der Waals surface area (Å²) in [5, 5.41) is 15.2. The standard InChI is InChI=1S/C12H19BrN2O2/c1-3-15-11(9(13)8-14-15)12(16)7-5-4-6-10(12)17-2/h8,10,16H,3-7H2,1-2H3. The topological polar surface area (TPSA) is 47.3 Å². The summed E-state index contributed by atoms with van der Waals surface area (Å²) >= 11 is 3.49. The van der Waals surface area contributed by atoms with Crippen molar-refractivity contribution < 1.29 is 9.84 Å². The third kappa shape index (κ3) is 2.16. The third-order valence-corrected chi connectivity index (χ3v) is 4.18. The molecule has 1 N–H and O–H groups in total. The van der Waals surface area contributed by atoms with E-state index >= 15 is 0 Å². The molecule has 4 nitrogen and oxygen atoms in total. The summed E-state index contributed by atoms with van der Waals surface area (Å²) in [5.74, 6) is 0. The molecule has 96 valence electrons. The van der Waals surface area contributed by atoms with Gasteiger partial charge in [-0.1, -0.05) is 6.42 Å². The van der Waals surface area contributed by atoms with Gasteiger partial charge in [-0.3, -0.25) is 4.68 Å². The van der Waals surface area contributed by atoms with Crippen LogP contribution in [0.3, 0.4) is 0 Å². The maximum Gasteiger partial charge on any atom is 0.133 e. The average Bonchev–Trinajstić information content (AvgIpc) is 2.71. The lowest BCUT2D eigenvalue weighted by Gasteiger charge is -2.39. The third-order valence-electron chi connectivity index (χ3n) is 3.60. The Morgan fingerprint density at radius 2 is 2.41 bits per heavy atom. The van der Waals surface area contributed by atoms with Gasteiger partial charge >= 0.3 is 0 Å². The van der Waals surface area contributed by atoms with Gasteiger partial charge in [0.15, 0.2) is 0 Å². The first kappa shape index (κ1) is 13.1. The summed E-state index contributed by atoms with van der Waals surface area (Å²) in [6, 6.07) is 0. The van der Waals surface area contributed by atoms with Crippen molar-refractivity contribution in [2.24, 2.45) is 0 Å². The highest BCUT2D eigenvalue weighted by atomic mass is 79.9. The van der Waals surface area contributed by atoms with Gasteiger partial charge in [0.05, 0.1) is 22.5 Å². The van der Waals surface area contributed by atoms with Crippen LogP contribution in [0.5, 0.6) is 0 Å². The lowest BCUT2D eigenvalue weighted by molar-refractivity contribution is -0.127. The average molecular weight is 303 g/mol. The summed E-state index contributed by atoms with van der Waals surface area (Å²) < 4.78 is 8.19. The molecule has 2 atom stereocenters. The largest absolute Gasteiger partial charge is 0.381 e. The van der Waals surface area contributed by atoms with E-state index in [1.165, 1.54) is 0 Å². The number of nitrogens with zero attached hydrogens (tertiary/aromatic N) is 2. The quantitative estimate of drug-likeness (QED) is 0.933. The second-order valence-electron chi connectivity index (χ2n) is 4.55. The van der Waals surface area contributed by atoms with Crippen LogP contribution in [-0.4, -0.2) is 28.1 Å². The zero-order valence-electron chi connectivity index (χ0n) is 10.3. The van der Waals surface area contributed by atoms with Crippen LogP contribution in [0.4, 0.5) is 0 Å². The molecule has 0 saturated heterocycles. The van der Waals surface area contributed by atoms with E-state index in [-0.39, 0.29) is 6.10 Å². The molecule has 2 unspecified atom stereocenters. The molecule has 0 amide bonds. The number of hydrogen-bond acceptors (Lipinski definition) is 3.